The number of hydrogen-bond donors (Lipinski definition) is 3. The average molecular weight is 250 g/mol. The molecule has 100 valence electrons. The van der Waals surface area contributed by atoms with E-state index in [0.29, 0.717) is 12.1 Å². The van der Waals surface area contributed by atoms with Crippen molar-refractivity contribution in [3.8, 4) is 5.75 Å². The summed E-state index contributed by atoms with van der Waals surface area (Å²) >= 11 is 0. The third-order valence-electron chi connectivity index (χ3n) is 3.07. The maximum absolute atomic E-state index is 12.1. The summed E-state index contributed by atoms with van der Waals surface area (Å²) in [5.41, 5.74) is 6.53. The fraction of sp³-hybridized carbons (Fsp3) is 0.500. The molecule has 0 saturated heterocycles. The number of hydrogen-bond acceptors (Lipinski definition) is 3. The molecule has 0 aliphatic rings. The van der Waals surface area contributed by atoms with Crippen LogP contribution < -0.4 is 11.1 Å². The first kappa shape index (κ1) is 14.5. The van der Waals surface area contributed by atoms with Crippen molar-refractivity contribution in [3.63, 3.8) is 0 Å². The van der Waals surface area contributed by atoms with E-state index in [2.05, 4.69) is 5.32 Å². The fourth-order valence-corrected chi connectivity index (χ4v) is 1.71. The van der Waals surface area contributed by atoms with Gasteiger partial charge < -0.3 is 16.2 Å². The normalized spacial score (nSPS) is 13.2. The van der Waals surface area contributed by atoms with Crippen LogP contribution in [0.5, 0.6) is 5.75 Å². The Bertz CT molecular complexity index is 436. The van der Waals surface area contributed by atoms with Gasteiger partial charge in [-0.2, -0.15) is 0 Å². The molecule has 1 atom stereocenters. The standard InChI is InChI=1S/C14H22N2O2/c1-9-6-5-7-10(12(9)17)13(18)16-11(8-15)14(2,3)4/h5-7,11,17H,8,15H2,1-4H3,(H,16,18). The van der Waals surface area contributed by atoms with Crippen molar-refractivity contribution in [2.24, 2.45) is 11.1 Å². The van der Waals surface area contributed by atoms with E-state index in [9.17, 15) is 9.90 Å². The average Bonchev–Trinajstić information content (AvgIpc) is 2.27. The molecule has 4 nitrogen and oxygen atoms in total. The van der Waals surface area contributed by atoms with Crippen LogP contribution in [-0.4, -0.2) is 23.6 Å². The van der Waals surface area contributed by atoms with Gasteiger partial charge in [-0.3, -0.25) is 4.79 Å². The zero-order valence-corrected chi connectivity index (χ0v) is 11.4. The highest BCUT2D eigenvalue weighted by atomic mass is 16.3. The third kappa shape index (κ3) is 3.23. The van der Waals surface area contributed by atoms with E-state index < -0.39 is 0 Å². The van der Waals surface area contributed by atoms with Gasteiger partial charge in [0.25, 0.3) is 5.91 Å². The number of nitrogens with two attached hydrogens (primary N) is 1. The highest BCUT2D eigenvalue weighted by molar-refractivity contribution is 5.97. The van der Waals surface area contributed by atoms with Crippen molar-refractivity contribution in [1.29, 1.82) is 0 Å². The van der Waals surface area contributed by atoms with Crippen LogP contribution in [0.2, 0.25) is 0 Å². The van der Waals surface area contributed by atoms with Crippen molar-refractivity contribution in [3.05, 3.63) is 29.3 Å². The Morgan fingerprint density at radius 3 is 2.56 bits per heavy atom. The largest absolute Gasteiger partial charge is 0.507 e. The van der Waals surface area contributed by atoms with Crippen LogP contribution in [0.1, 0.15) is 36.7 Å². The van der Waals surface area contributed by atoms with Gasteiger partial charge in [-0.1, -0.05) is 32.9 Å². The Morgan fingerprint density at radius 2 is 2.06 bits per heavy atom. The lowest BCUT2D eigenvalue weighted by molar-refractivity contribution is 0.0902. The monoisotopic (exact) mass is 250 g/mol. The first-order valence-electron chi connectivity index (χ1n) is 6.07. The number of phenols is 1. The van der Waals surface area contributed by atoms with E-state index in [-0.39, 0.29) is 28.7 Å². The van der Waals surface area contributed by atoms with Gasteiger partial charge in [0, 0.05) is 12.6 Å². The Kier molecular flexibility index (Phi) is 4.35. The van der Waals surface area contributed by atoms with Crippen LogP contribution in [0, 0.1) is 12.3 Å². The number of nitrogens with one attached hydrogen (secondary N) is 1. The number of rotatable bonds is 3. The molecule has 0 heterocycles. The summed E-state index contributed by atoms with van der Waals surface area (Å²) in [5.74, 6) is -0.263. The lowest BCUT2D eigenvalue weighted by atomic mass is 9.86. The van der Waals surface area contributed by atoms with Crippen LogP contribution in [0.3, 0.4) is 0 Å². The fourth-order valence-electron chi connectivity index (χ4n) is 1.71. The number of carbonyl (C=O) groups is 1. The molecule has 1 amide bonds. The first-order chi connectivity index (χ1) is 8.27. The maximum Gasteiger partial charge on any atom is 0.255 e. The minimum atomic E-state index is -0.290. The van der Waals surface area contributed by atoms with Crippen LogP contribution in [-0.2, 0) is 0 Å². The molecule has 0 aliphatic carbocycles. The predicted molar refractivity (Wildman–Crippen MR) is 72.6 cm³/mol. The summed E-state index contributed by atoms with van der Waals surface area (Å²) in [4.78, 5) is 12.1. The highest BCUT2D eigenvalue weighted by Crippen LogP contribution is 2.23. The van der Waals surface area contributed by atoms with Gasteiger partial charge in [0.2, 0.25) is 0 Å². The number of benzene rings is 1. The number of carbonyl (C=O) groups excluding carboxylic acids is 1. The van der Waals surface area contributed by atoms with E-state index >= 15 is 0 Å². The van der Waals surface area contributed by atoms with Gasteiger partial charge in [-0.15, -0.1) is 0 Å². The molecule has 4 N–H and O–H groups in total. The summed E-state index contributed by atoms with van der Waals surface area (Å²) in [6.07, 6.45) is 0. The van der Waals surface area contributed by atoms with Crippen molar-refractivity contribution in [1.82, 2.24) is 5.32 Å². The second-order valence-electron chi connectivity index (χ2n) is 5.60. The smallest absolute Gasteiger partial charge is 0.255 e. The highest BCUT2D eigenvalue weighted by Gasteiger charge is 2.26. The summed E-state index contributed by atoms with van der Waals surface area (Å²) in [7, 11) is 0. The third-order valence-corrected chi connectivity index (χ3v) is 3.07. The molecule has 1 aromatic carbocycles. The number of aromatic hydroxyl groups is 1. The molecule has 0 radical (unpaired) electrons. The Labute approximate surface area is 108 Å². The van der Waals surface area contributed by atoms with Crippen LogP contribution in [0.15, 0.2) is 18.2 Å². The lowest BCUT2D eigenvalue weighted by Gasteiger charge is -2.30. The van der Waals surface area contributed by atoms with Crippen molar-refractivity contribution in [2.75, 3.05) is 6.54 Å². The number of amides is 1. The predicted octanol–water partition coefficient (Wildman–Crippen LogP) is 1.80. The minimum absolute atomic E-state index is 0.0275. The maximum atomic E-state index is 12.1. The van der Waals surface area contributed by atoms with Gasteiger partial charge in [0.15, 0.2) is 0 Å². The summed E-state index contributed by atoms with van der Waals surface area (Å²) in [5, 5.41) is 12.7. The summed E-state index contributed by atoms with van der Waals surface area (Å²) < 4.78 is 0. The molecule has 0 saturated carbocycles. The van der Waals surface area contributed by atoms with Crippen LogP contribution >= 0.6 is 0 Å². The Balaban J connectivity index is 2.92. The second-order valence-corrected chi connectivity index (χ2v) is 5.60. The molecular formula is C14H22N2O2. The molecule has 0 fully saturated rings. The van der Waals surface area contributed by atoms with Crippen LogP contribution in [0.25, 0.3) is 0 Å². The van der Waals surface area contributed by atoms with Crippen molar-refractivity contribution >= 4 is 5.91 Å². The zero-order chi connectivity index (χ0) is 13.9. The molecular weight excluding hydrogens is 228 g/mol. The number of phenolic OH excluding ortho intramolecular Hbond substituents is 1. The molecule has 0 aliphatic heterocycles. The van der Waals surface area contributed by atoms with Gasteiger partial charge in [0.1, 0.15) is 5.75 Å². The molecule has 0 spiro atoms. The molecule has 1 rings (SSSR count). The topological polar surface area (TPSA) is 75.4 Å². The second kappa shape index (κ2) is 5.40. The number of para-hydroxylation sites is 1. The molecule has 0 aromatic heterocycles. The molecule has 18 heavy (non-hydrogen) atoms. The minimum Gasteiger partial charge on any atom is -0.507 e. The molecule has 4 heteroatoms. The lowest BCUT2D eigenvalue weighted by Crippen LogP contribution is -2.48. The van der Waals surface area contributed by atoms with Gasteiger partial charge in [0.05, 0.1) is 5.56 Å². The van der Waals surface area contributed by atoms with E-state index in [4.69, 9.17) is 5.73 Å². The SMILES string of the molecule is Cc1cccc(C(=O)NC(CN)C(C)(C)C)c1O. The molecule has 1 unspecified atom stereocenters. The van der Waals surface area contributed by atoms with E-state index in [1.807, 2.05) is 20.8 Å². The Hall–Kier alpha value is -1.55. The summed E-state index contributed by atoms with van der Waals surface area (Å²) in [6, 6.07) is 4.98. The zero-order valence-electron chi connectivity index (χ0n) is 11.4. The van der Waals surface area contributed by atoms with Gasteiger partial charge in [-0.25, -0.2) is 0 Å². The molecule has 1 aromatic rings. The van der Waals surface area contributed by atoms with Crippen LogP contribution in [0.4, 0.5) is 0 Å². The molecule has 0 bridgehead atoms. The van der Waals surface area contributed by atoms with Crippen molar-refractivity contribution in [2.45, 2.75) is 33.7 Å². The summed E-state index contributed by atoms with van der Waals surface area (Å²) in [6.45, 7) is 8.17. The Morgan fingerprint density at radius 1 is 1.44 bits per heavy atom. The van der Waals surface area contributed by atoms with E-state index in [0.717, 1.165) is 0 Å². The van der Waals surface area contributed by atoms with E-state index in [1.54, 1.807) is 25.1 Å². The van der Waals surface area contributed by atoms with Crippen molar-refractivity contribution < 1.29 is 9.90 Å². The number of aryl methyl sites for hydroxylation is 1. The quantitative estimate of drug-likeness (QED) is 0.765. The van der Waals surface area contributed by atoms with E-state index in [1.165, 1.54) is 0 Å². The van der Waals surface area contributed by atoms with Gasteiger partial charge in [-0.05, 0) is 24.0 Å². The van der Waals surface area contributed by atoms with Gasteiger partial charge >= 0.3 is 0 Å². The first-order valence-corrected chi connectivity index (χ1v) is 6.07.